The summed E-state index contributed by atoms with van der Waals surface area (Å²) in [6.07, 6.45) is 0. The Bertz CT molecular complexity index is 1400. The zero-order valence-corrected chi connectivity index (χ0v) is 18.3. The molecule has 2 amide bonds. The highest BCUT2D eigenvalue weighted by Gasteiger charge is 2.20. The van der Waals surface area contributed by atoms with Crippen molar-refractivity contribution < 1.29 is 18.7 Å². The number of rotatable bonds is 6. The van der Waals surface area contributed by atoms with Crippen LogP contribution in [0.1, 0.15) is 37.8 Å². The highest BCUT2D eigenvalue weighted by Crippen LogP contribution is 2.25. The Labute approximate surface area is 189 Å². The third-order valence-corrected chi connectivity index (χ3v) is 5.36. The molecule has 4 rings (SSSR count). The molecule has 2 aromatic carbocycles. The highest BCUT2D eigenvalue weighted by atomic mass is 19.1. The molecule has 0 fully saturated rings. The van der Waals surface area contributed by atoms with Gasteiger partial charge in [0.1, 0.15) is 17.3 Å². The fourth-order valence-corrected chi connectivity index (χ4v) is 3.67. The number of amides is 2. The zero-order chi connectivity index (χ0) is 23.7. The molecular formula is C24H22FN5O3. The number of hydrogen-bond donors (Lipinski definition) is 2. The van der Waals surface area contributed by atoms with Crippen LogP contribution in [-0.2, 0) is 6.54 Å². The molecule has 0 aliphatic heterocycles. The Hall–Kier alpha value is -4.27. The third-order valence-electron chi connectivity index (χ3n) is 5.36. The van der Waals surface area contributed by atoms with Crippen molar-refractivity contribution in [2.24, 2.45) is 5.73 Å². The fourth-order valence-electron chi connectivity index (χ4n) is 3.67. The topological polar surface area (TPSA) is 112 Å². The molecule has 0 atom stereocenters. The van der Waals surface area contributed by atoms with Gasteiger partial charge in [-0.05, 0) is 49.7 Å². The Morgan fingerprint density at radius 2 is 1.94 bits per heavy atom. The lowest BCUT2D eigenvalue weighted by Crippen LogP contribution is -2.18. The van der Waals surface area contributed by atoms with Crippen LogP contribution in [0, 0.1) is 19.7 Å². The van der Waals surface area contributed by atoms with E-state index in [0.717, 1.165) is 23.1 Å². The van der Waals surface area contributed by atoms with Gasteiger partial charge in [-0.15, -0.1) is 0 Å². The molecule has 0 aliphatic carbocycles. The van der Waals surface area contributed by atoms with Crippen LogP contribution >= 0.6 is 0 Å². The minimum absolute atomic E-state index is 0.125. The molecule has 0 saturated carbocycles. The van der Waals surface area contributed by atoms with Gasteiger partial charge in [0.15, 0.2) is 0 Å². The van der Waals surface area contributed by atoms with E-state index >= 15 is 0 Å². The van der Waals surface area contributed by atoms with Gasteiger partial charge in [0.25, 0.3) is 11.8 Å². The maximum Gasteiger partial charge on any atom is 0.267 e. The summed E-state index contributed by atoms with van der Waals surface area (Å²) in [6.45, 7) is 4.13. The van der Waals surface area contributed by atoms with E-state index in [-0.39, 0.29) is 16.8 Å². The van der Waals surface area contributed by atoms with Gasteiger partial charge in [-0.1, -0.05) is 12.1 Å². The molecule has 0 bridgehead atoms. The average Bonchev–Trinajstić information content (AvgIpc) is 3.05. The number of carbonyl (C=O) groups is 2. The average molecular weight is 447 g/mol. The predicted octanol–water partition coefficient (Wildman–Crippen LogP) is 3.60. The van der Waals surface area contributed by atoms with Gasteiger partial charge < -0.3 is 15.8 Å². The molecule has 3 N–H and O–H groups in total. The summed E-state index contributed by atoms with van der Waals surface area (Å²) < 4.78 is 20.8. The van der Waals surface area contributed by atoms with Gasteiger partial charge >= 0.3 is 0 Å². The number of hydrogen-bond acceptors (Lipinski definition) is 5. The largest absolute Gasteiger partial charge is 0.497 e. The van der Waals surface area contributed by atoms with Crippen LogP contribution in [-0.4, -0.2) is 33.7 Å². The number of primary amides is 1. The second-order valence-electron chi connectivity index (χ2n) is 7.59. The lowest BCUT2D eigenvalue weighted by atomic mass is 10.1. The summed E-state index contributed by atoms with van der Waals surface area (Å²) in [6, 6.07) is 12.8. The van der Waals surface area contributed by atoms with Crippen molar-refractivity contribution in [3.8, 4) is 5.75 Å². The Kier molecular flexibility index (Phi) is 5.78. The second-order valence-corrected chi connectivity index (χ2v) is 7.59. The summed E-state index contributed by atoms with van der Waals surface area (Å²) in [5.41, 5.74) is 8.49. The van der Waals surface area contributed by atoms with Gasteiger partial charge in [0.05, 0.1) is 41.8 Å². The van der Waals surface area contributed by atoms with E-state index in [9.17, 15) is 14.0 Å². The molecule has 0 unspecified atom stereocenters. The first-order chi connectivity index (χ1) is 15.8. The molecule has 0 aliphatic rings. The van der Waals surface area contributed by atoms with Crippen LogP contribution in [0.3, 0.4) is 0 Å². The van der Waals surface area contributed by atoms with E-state index < -0.39 is 17.6 Å². The number of nitrogens with two attached hydrogens (primary N) is 1. The SMILES string of the molecule is COc1cccc(Cn2nc(C)c(NC(=O)c3cc(C(N)=O)nc4cc(F)ccc34)c2C)c1. The highest BCUT2D eigenvalue weighted by molar-refractivity contribution is 6.14. The van der Waals surface area contributed by atoms with E-state index in [1.807, 2.05) is 31.2 Å². The molecule has 33 heavy (non-hydrogen) atoms. The number of fused-ring (bicyclic) bond motifs is 1. The van der Waals surface area contributed by atoms with Crippen molar-refractivity contribution in [3.05, 3.63) is 82.6 Å². The predicted molar refractivity (Wildman–Crippen MR) is 122 cm³/mol. The number of pyridine rings is 1. The normalized spacial score (nSPS) is 10.9. The number of ether oxygens (including phenoxy) is 1. The van der Waals surface area contributed by atoms with Crippen LogP contribution in [0.4, 0.5) is 10.1 Å². The van der Waals surface area contributed by atoms with E-state index in [2.05, 4.69) is 15.4 Å². The van der Waals surface area contributed by atoms with Gasteiger partial charge in [-0.3, -0.25) is 14.3 Å². The summed E-state index contributed by atoms with van der Waals surface area (Å²) in [5, 5.41) is 7.83. The van der Waals surface area contributed by atoms with E-state index in [1.165, 1.54) is 18.2 Å². The van der Waals surface area contributed by atoms with Crippen LogP contribution in [0.15, 0.2) is 48.5 Å². The molecular weight excluding hydrogens is 425 g/mol. The van der Waals surface area contributed by atoms with Crippen LogP contribution in [0.25, 0.3) is 10.9 Å². The first-order valence-corrected chi connectivity index (χ1v) is 10.1. The maximum absolute atomic E-state index is 13.7. The van der Waals surface area contributed by atoms with E-state index in [4.69, 9.17) is 10.5 Å². The molecule has 8 nitrogen and oxygen atoms in total. The van der Waals surface area contributed by atoms with Crippen LogP contribution < -0.4 is 15.8 Å². The second kappa shape index (κ2) is 8.70. The zero-order valence-electron chi connectivity index (χ0n) is 18.3. The van der Waals surface area contributed by atoms with Gasteiger partial charge in [-0.25, -0.2) is 9.37 Å². The Morgan fingerprint density at radius 3 is 2.67 bits per heavy atom. The fraction of sp³-hybridized carbons (Fsp3) is 0.167. The number of halogens is 1. The quantitative estimate of drug-likeness (QED) is 0.469. The Balaban J connectivity index is 1.68. The molecule has 0 spiro atoms. The Morgan fingerprint density at radius 1 is 1.15 bits per heavy atom. The maximum atomic E-state index is 13.7. The molecule has 0 radical (unpaired) electrons. The minimum atomic E-state index is -0.811. The molecule has 168 valence electrons. The van der Waals surface area contributed by atoms with E-state index in [1.54, 1.807) is 18.7 Å². The molecule has 4 aromatic rings. The van der Waals surface area contributed by atoms with Crippen molar-refractivity contribution in [2.45, 2.75) is 20.4 Å². The number of aromatic nitrogens is 3. The van der Waals surface area contributed by atoms with Crippen molar-refractivity contribution >= 4 is 28.4 Å². The van der Waals surface area contributed by atoms with Gasteiger partial charge in [0, 0.05) is 11.5 Å². The number of benzene rings is 2. The smallest absolute Gasteiger partial charge is 0.267 e. The summed E-state index contributed by atoms with van der Waals surface area (Å²) in [5.74, 6) is -1.08. The summed E-state index contributed by atoms with van der Waals surface area (Å²) in [4.78, 5) is 29.0. The van der Waals surface area contributed by atoms with Crippen molar-refractivity contribution in [1.82, 2.24) is 14.8 Å². The summed E-state index contributed by atoms with van der Waals surface area (Å²) >= 11 is 0. The standard InChI is InChI=1S/C24H22FN5O3/c1-13-22(14(2)30(29-13)12-15-5-4-6-17(9-15)33-3)28-24(32)19-11-21(23(26)31)27-20-10-16(25)7-8-18(19)20/h4-11H,12H2,1-3H3,(H2,26,31)(H,28,32). The summed E-state index contributed by atoms with van der Waals surface area (Å²) in [7, 11) is 1.61. The van der Waals surface area contributed by atoms with E-state index in [0.29, 0.717) is 23.3 Å². The third kappa shape index (κ3) is 4.38. The molecule has 2 heterocycles. The number of anilines is 1. The number of carbonyl (C=O) groups excluding carboxylic acids is 2. The number of nitrogens with zero attached hydrogens (tertiary/aromatic N) is 3. The molecule has 9 heteroatoms. The number of nitrogens with one attached hydrogen (secondary N) is 1. The van der Waals surface area contributed by atoms with Gasteiger partial charge in [-0.2, -0.15) is 5.10 Å². The monoisotopic (exact) mass is 447 g/mol. The minimum Gasteiger partial charge on any atom is -0.497 e. The lowest BCUT2D eigenvalue weighted by Gasteiger charge is -2.11. The van der Waals surface area contributed by atoms with Gasteiger partial charge in [0.2, 0.25) is 0 Å². The number of aryl methyl sites for hydroxylation is 1. The molecule has 2 aromatic heterocycles. The first-order valence-electron chi connectivity index (χ1n) is 10.1. The van der Waals surface area contributed by atoms with Crippen molar-refractivity contribution in [3.63, 3.8) is 0 Å². The van der Waals surface area contributed by atoms with Crippen LogP contribution in [0.5, 0.6) is 5.75 Å². The number of methoxy groups -OCH3 is 1. The first kappa shape index (κ1) is 21.9. The van der Waals surface area contributed by atoms with Crippen LogP contribution in [0.2, 0.25) is 0 Å². The molecule has 0 saturated heterocycles. The lowest BCUT2D eigenvalue weighted by molar-refractivity contribution is 0.0996. The van der Waals surface area contributed by atoms with Crippen molar-refractivity contribution in [1.29, 1.82) is 0 Å². The van der Waals surface area contributed by atoms with Crippen molar-refractivity contribution in [2.75, 3.05) is 12.4 Å².